The van der Waals surface area contributed by atoms with E-state index in [1.54, 1.807) is 0 Å². The van der Waals surface area contributed by atoms with E-state index >= 15 is 0 Å². The van der Waals surface area contributed by atoms with Crippen LogP contribution in [0.5, 0.6) is 0 Å². The molecule has 1 aromatic carbocycles. The summed E-state index contributed by atoms with van der Waals surface area (Å²) in [5.41, 5.74) is 0.731. The average molecular weight is 270 g/mol. The number of aliphatic carboxylic acids is 1. The number of benzene rings is 1. The second-order valence-electron chi connectivity index (χ2n) is 4.44. The Balaban J connectivity index is 2.45. The van der Waals surface area contributed by atoms with Crippen LogP contribution in [0.15, 0.2) is 47.2 Å². The lowest BCUT2D eigenvalue weighted by Crippen LogP contribution is -2.37. The predicted octanol–water partition coefficient (Wildman–Crippen LogP) is 3.34. The van der Waals surface area contributed by atoms with Gasteiger partial charge in [-0.05, 0) is 34.4 Å². The van der Waals surface area contributed by atoms with Gasteiger partial charge in [-0.25, -0.2) is 0 Å². The zero-order chi connectivity index (χ0) is 13.7. The van der Waals surface area contributed by atoms with Gasteiger partial charge in [-0.3, -0.25) is 4.79 Å². The molecule has 1 aromatic heterocycles. The summed E-state index contributed by atoms with van der Waals surface area (Å²) in [6, 6.07) is 11.4. The first kappa shape index (κ1) is 13.4. The van der Waals surface area contributed by atoms with Gasteiger partial charge in [0.15, 0.2) is 0 Å². The molecule has 2 aromatic rings. The Morgan fingerprint density at radius 3 is 2.58 bits per heavy atom. The first-order chi connectivity index (χ1) is 9.19. The van der Waals surface area contributed by atoms with Gasteiger partial charge in [0, 0.05) is 6.42 Å². The monoisotopic (exact) mass is 270 g/mol. The van der Waals surface area contributed by atoms with Crippen molar-refractivity contribution in [3.63, 3.8) is 0 Å². The van der Waals surface area contributed by atoms with E-state index in [1.165, 1.54) is 11.3 Å². The van der Waals surface area contributed by atoms with E-state index in [4.69, 9.17) is 6.42 Å². The Hall–Kier alpha value is -2.05. The number of carboxylic acid groups (broad SMARTS) is 1. The highest BCUT2D eigenvalue weighted by Gasteiger charge is 2.40. The van der Waals surface area contributed by atoms with Gasteiger partial charge in [-0.2, -0.15) is 11.3 Å². The molecule has 0 radical (unpaired) electrons. The van der Waals surface area contributed by atoms with Gasteiger partial charge in [0.1, 0.15) is 5.41 Å². The molecule has 0 spiro atoms. The summed E-state index contributed by atoms with van der Waals surface area (Å²) < 4.78 is 0. The molecule has 3 heteroatoms. The molecule has 96 valence electrons. The van der Waals surface area contributed by atoms with Crippen LogP contribution in [0.25, 0.3) is 0 Å². The molecule has 0 saturated heterocycles. The quantitative estimate of drug-likeness (QED) is 0.846. The lowest BCUT2D eigenvalue weighted by molar-refractivity contribution is -0.143. The standard InChI is InChI=1S/C16H14O2S/c1-2-9-16(15(17)18,14-8-10-19-12-14)11-13-6-4-3-5-7-13/h1,3-8,10,12H,9,11H2,(H,17,18)/t16-/m1/s1. The van der Waals surface area contributed by atoms with Crippen LogP contribution in [0.4, 0.5) is 0 Å². The maximum Gasteiger partial charge on any atom is 0.315 e. The number of thiophene rings is 1. The van der Waals surface area contributed by atoms with E-state index in [0.717, 1.165) is 11.1 Å². The Bertz CT molecular complexity index is 581. The lowest BCUT2D eigenvalue weighted by atomic mass is 9.74. The Labute approximate surface area is 116 Å². The highest BCUT2D eigenvalue weighted by Crippen LogP contribution is 2.33. The van der Waals surface area contributed by atoms with Gasteiger partial charge >= 0.3 is 5.97 Å². The predicted molar refractivity (Wildman–Crippen MR) is 77.2 cm³/mol. The third kappa shape index (κ3) is 2.69. The summed E-state index contributed by atoms with van der Waals surface area (Å²) in [4.78, 5) is 11.8. The molecule has 0 aliphatic carbocycles. The maximum absolute atomic E-state index is 11.8. The number of carboxylic acids is 1. The number of hydrogen-bond acceptors (Lipinski definition) is 2. The van der Waals surface area contributed by atoms with Crippen molar-refractivity contribution in [2.24, 2.45) is 0 Å². The molecule has 0 aliphatic heterocycles. The molecule has 1 atom stereocenters. The fraction of sp³-hybridized carbons (Fsp3) is 0.188. The van der Waals surface area contributed by atoms with Crippen molar-refractivity contribution in [1.29, 1.82) is 0 Å². The normalized spacial score (nSPS) is 13.4. The molecule has 0 saturated carbocycles. The molecule has 0 aliphatic rings. The van der Waals surface area contributed by atoms with Gasteiger partial charge in [-0.1, -0.05) is 30.3 Å². The van der Waals surface area contributed by atoms with Gasteiger partial charge < -0.3 is 5.11 Å². The van der Waals surface area contributed by atoms with E-state index in [9.17, 15) is 9.90 Å². The summed E-state index contributed by atoms with van der Waals surface area (Å²) in [5, 5.41) is 13.4. The van der Waals surface area contributed by atoms with Crippen LogP contribution in [0.2, 0.25) is 0 Å². The molecule has 1 N–H and O–H groups in total. The molecular weight excluding hydrogens is 256 g/mol. The summed E-state index contributed by atoms with van der Waals surface area (Å²) >= 11 is 1.49. The molecule has 0 fully saturated rings. The summed E-state index contributed by atoms with van der Waals surface area (Å²) in [6.07, 6.45) is 6.00. The minimum absolute atomic E-state index is 0.188. The number of terminal acetylenes is 1. The van der Waals surface area contributed by atoms with Crippen molar-refractivity contribution in [2.45, 2.75) is 18.3 Å². The molecule has 19 heavy (non-hydrogen) atoms. The number of hydrogen-bond donors (Lipinski definition) is 1. The minimum atomic E-state index is -1.03. The average Bonchev–Trinajstić information content (AvgIpc) is 2.93. The zero-order valence-corrected chi connectivity index (χ0v) is 11.2. The fourth-order valence-corrected chi connectivity index (χ4v) is 2.95. The van der Waals surface area contributed by atoms with Crippen molar-refractivity contribution in [1.82, 2.24) is 0 Å². The van der Waals surface area contributed by atoms with Gasteiger partial charge in [-0.15, -0.1) is 12.3 Å². The zero-order valence-electron chi connectivity index (χ0n) is 10.4. The Morgan fingerprint density at radius 1 is 1.32 bits per heavy atom. The first-order valence-electron chi connectivity index (χ1n) is 5.92. The van der Waals surface area contributed by atoms with Crippen LogP contribution in [-0.4, -0.2) is 11.1 Å². The second-order valence-corrected chi connectivity index (χ2v) is 5.22. The first-order valence-corrected chi connectivity index (χ1v) is 6.87. The van der Waals surface area contributed by atoms with Crippen LogP contribution >= 0.6 is 11.3 Å². The highest BCUT2D eigenvalue weighted by molar-refractivity contribution is 7.08. The Morgan fingerprint density at radius 2 is 2.05 bits per heavy atom. The van der Waals surface area contributed by atoms with E-state index < -0.39 is 11.4 Å². The van der Waals surface area contributed by atoms with Crippen LogP contribution in [-0.2, 0) is 16.6 Å². The molecular formula is C16H14O2S. The van der Waals surface area contributed by atoms with Gasteiger partial charge in [0.05, 0.1) is 0 Å². The van der Waals surface area contributed by atoms with E-state index in [0.29, 0.717) is 6.42 Å². The van der Waals surface area contributed by atoms with Crippen molar-refractivity contribution in [3.05, 3.63) is 58.3 Å². The topological polar surface area (TPSA) is 37.3 Å². The fourth-order valence-electron chi connectivity index (χ4n) is 2.20. The SMILES string of the molecule is C#CC[C@](Cc1ccccc1)(C(=O)O)c1ccsc1. The van der Waals surface area contributed by atoms with Crippen LogP contribution in [0, 0.1) is 12.3 Å². The molecule has 0 unspecified atom stereocenters. The van der Waals surface area contributed by atoms with Crippen LogP contribution in [0.3, 0.4) is 0 Å². The Kier molecular flexibility index (Phi) is 4.03. The number of carbonyl (C=O) groups is 1. The third-order valence-corrected chi connectivity index (χ3v) is 3.92. The van der Waals surface area contributed by atoms with Crippen molar-refractivity contribution in [3.8, 4) is 12.3 Å². The largest absolute Gasteiger partial charge is 0.481 e. The van der Waals surface area contributed by atoms with Gasteiger partial charge in [0.25, 0.3) is 0 Å². The second kappa shape index (κ2) is 5.73. The molecule has 2 rings (SSSR count). The summed E-state index contributed by atoms with van der Waals surface area (Å²) in [5.74, 6) is 1.65. The highest BCUT2D eigenvalue weighted by atomic mass is 32.1. The third-order valence-electron chi connectivity index (χ3n) is 3.24. The number of rotatable bonds is 5. The minimum Gasteiger partial charge on any atom is -0.481 e. The van der Waals surface area contributed by atoms with Gasteiger partial charge in [0.2, 0.25) is 0 Å². The molecule has 0 bridgehead atoms. The summed E-state index contributed by atoms with van der Waals surface area (Å²) in [6.45, 7) is 0. The molecule has 1 heterocycles. The van der Waals surface area contributed by atoms with Crippen LogP contribution < -0.4 is 0 Å². The summed E-state index contributed by atoms with van der Waals surface area (Å²) in [7, 11) is 0. The maximum atomic E-state index is 11.8. The van der Waals surface area contributed by atoms with E-state index in [2.05, 4.69) is 5.92 Å². The van der Waals surface area contributed by atoms with E-state index in [1.807, 2.05) is 47.2 Å². The molecule has 0 amide bonds. The smallest absolute Gasteiger partial charge is 0.315 e. The van der Waals surface area contributed by atoms with Crippen LogP contribution in [0.1, 0.15) is 17.5 Å². The van der Waals surface area contributed by atoms with Crippen molar-refractivity contribution >= 4 is 17.3 Å². The molecule has 2 nitrogen and oxygen atoms in total. The van der Waals surface area contributed by atoms with Crippen molar-refractivity contribution in [2.75, 3.05) is 0 Å². The van der Waals surface area contributed by atoms with Crippen molar-refractivity contribution < 1.29 is 9.90 Å². The van der Waals surface area contributed by atoms with E-state index in [-0.39, 0.29) is 6.42 Å². The lowest BCUT2D eigenvalue weighted by Gasteiger charge is -2.27.